The average molecular weight is 568 g/mol. The molecule has 8 nitrogen and oxygen atoms in total. The van der Waals surface area contributed by atoms with Gasteiger partial charge in [0.1, 0.15) is 11.8 Å². The number of likely N-dealkylation sites (tertiary alicyclic amines) is 1. The second-order valence-electron chi connectivity index (χ2n) is 14.0. The lowest BCUT2D eigenvalue weighted by Gasteiger charge is -2.35. The number of carbonyl (C=O) groups is 3. The molecule has 2 fully saturated rings. The molecule has 8 heteroatoms. The van der Waals surface area contributed by atoms with Gasteiger partial charge in [-0.1, -0.05) is 45.2 Å². The minimum Gasteiger partial charge on any atom is -0.490 e. The number of benzene rings is 1. The van der Waals surface area contributed by atoms with Crippen molar-refractivity contribution in [3.8, 4) is 5.75 Å². The van der Waals surface area contributed by atoms with Crippen LogP contribution in [0.3, 0.4) is 0 Å². The van der Waals surface area contributed by atoms with Crippen LogP contribution >= 0.6 is 0 Å². The molecular weight excluding hydrogens is 518 g/mol. The third-order valence-electron chi connectivity index (χ3n) is 8.76. The molecule has 41 heavy (non-hydrogen) atoms. The lowest BCUT2D eigenvalue weighted by atomic mass is 9.84. The number of nitrogens with one attached hydrogen (secondary N) is 1. The van der Waals surface area contributed by atoms with Crippen molar-refractivity contribution < 1.29 is 24.0 Å². The smallest absolute Gasteiger partial charge is 0.246 e. The third kappa shape index (κ3) is 7.12. The Balaban J connectivity index is 1.50. The molecular formula is C33H49N3O5. The molecule has 226 valence electrons. The van der Waals surface area contributed by atoms with Crippen molar-refractivity contribution >= 4 is 23.3 Å². The lowest BCUT2D eigenvalue weighted by Crippen LogP contribution is -2.57. The number of ether oxygens (including phenoxy) is 1. The molecule has 3 atom stereocenters. The molecule has 0 unspecified atom stereocenters. The molecule has 0 bridgehead atoms. The molecule has 3 aliphatic rings. The van der Waals surface area contributed by atoms with Crippen molar-refractivity contribution in [2.45, 2.75) is 131 Å². The van der Waals surface area contributed by atoms with E-state index in [2.05, 4.69) is 22.6 Å². The van der Waals surface area contributed by atoms with Gasteiger partial charge in [-0.25, -0.2) is 0 Å². The Morgan fingerprint density at radius 2 is 1.76 bits per heavy atom. The summed E-state index contributed by atoms with van der Waals surface area (Å²) in [5, 5.41) is 7.53. The zero-order valence-corrected chi connectivity index (χ0v) is 26.3. The topological polar surface area (TPSA) is 97.3 Å². The van der Waals surface area contributed by atoms with Crippen LogP contribution in [-0.4, -0.2) is 58.5 Å². The van der Waals surface area contributed by atoms with Gasteiger partial charge < -0.3 is 19.8 Å². The molecule has 2 aliphatic heterocycles. The van der Waals surface area contributed by atoms with Crippen LogP contribution in [0.5, 0.6) is 5.75 Å². The van der Waals surface area contributed by atoms with Gasteiger partial charge in [-0.15, -0.1) is 0 Å². The number of hydrogen-bond donors (Lipinski definition) is 1. The highest BCUT2D eigenvalue weighted by molar-refractivity contribution is 6.02. The van der Waals surface area contributed by atoms with Gasteiger partial charge in [-0.2, -0.15) is 0 Å². The number of rotatable bonds is 8. The molecule has 1 aliphatic carbocycles. The standard InChI is InChI=1S/C33H49N3O5/c1-20(2)40-29-21(3)14-25(15-22(29)4)26-17-33(41-35-26)18-27(23(5)37)36(19-33)31(39)30(32(6,7)8)34-28(38)16-24-12-10-9-11-13-24/h14-15,20,24,27,30H,9-13,16-19H2,1-8H3,(H,34,38)/t27-,30+,33+/m0/s1. The van der Waals surface area contributed by atoms with Crippen molar-refractivity contribution in [1.82, 2.24) is 10.2 Å². The number of Topliss-reactive ketones (excluding diaryl/α,β-unsaturated/α-hetero) is 1. The van der Waals surface area contributed by atoms with E-state index in [1.54, 1.807) is 4.90 Å². The molecule has 1 N–H and O–H groups in total. The van der Waals surface area contributed by atoms with E-state index >= 15 is 0 Å². The minimum atomic E-state index is -0.773. The highest BCUT2D eigenvalue weighted by Crippen LogP contribution is 2.41. The van der Waals surface area contributed by atoms with Crippen molar-refractivity contribution in [1.29, 1.82) is 0 Å². The second kappa shape index (κ2) is 12.1. The molecule has 1 aromatic carbocycles. The SMILES string of the molecule is CC(=O)[C@@H]1C[C@]2(CC(c3cc(C)c(OC(C)C)c(C)c3)=NO2)CN1C(=O)[C@@H](NC(=O)CC1CCCCC1)C(C)(C)C. The van der Waals surface area contributed by atoms with Gasteiger partial charge in [0.05, 0.1) is 24.4 Å². The van der Waals surface area contributed by atoms with Crippen LogP contribution in [0.4, 0.5) is 0 Å². The van der Waals surface area contributed by atoms with Crippen LogP contribution in [0.2, 0.25) is 0 Å². The molecule has 0 aromatic heterocycles. The highest BCUT2D eigenvalue weighted by atomic mass is 16.7. The third-order valence-corrected chi connectivity index (χ3v) is 8.76. The van der Waals surface area contributed by atoms with Crippen molar-refractivity contribution in [3.63, 3.8) is 0 Å². The molecule has 4 rings (SSSR count). The van der Waals surface area contributed by atoms with E-state index in [0.717, 1.165) is 53.8 Å². The van der Waals surface area contributed by atoms with Crippen LogP contribution in [0.25, 0.3) is 0 Å². The minimum absolute atomic E-state index is 0.0770. The monoisotopic (exact) mass is 567 g/mol. The zero-order valence-electron chi connectivity index (χ0n) is 26.3. The van der Waals surface area contributed by atoms with E-state index in [0.29, 0.717) is 25.2 Å². The van der Waals surface area contributed by atoms with Gasteiger partial charge in [0, 0.05) is 24.8 Å². The molecule has 1 saturated carbocycles. The molecule has 2 amide bonds. The Labute approximate surface area is 245 Å². The first kappa shape index (κ1) is 31.0. The fourth-order valence-electron chi connectivity index (χ4n) is 6.64. The number of aryl methyl sites for hydroxylation is 2. The van der Waals surface area contributed by atoms with Gasteiger partial charge in [-0.05, 0) is 82.1 Å². The summed E-state index contributed by atoms with van der Waals surface area (Å²) in [6.07, 6.45) is 7.08. The number of nitrogens with zero attached hydrogens (tertiary/aromatic N) is 2. The summed E-state index contributed by atoms with van der Waals surface area (Å²) in [7, 11) is 0. The van der Waals surface area contributed by atoms with Crippen molar-refractivity contribution in [2.24, 2.45) is 16.5 Å². The van der Waals surface area contributed by atoms with Crippen LogP contribution in [0, 0.1) is 25.2 Å². The normalized spacial score (nSPS) is 23.9. The first-order chi connectivity index (χ1) is 19.2. The molecule has 2 heterocycles. The van der Waals surface area contributed by atoms with Gasteiger partial charge in [0.25, 0.3) is 0 Å². The fourth-order valence-corrected chi connectivity index (χ4v) is 6.64. The summed E-state index contributed by atoms with van der Waals surface area (Å²) < 4.78 is 6.00. The second-order valence-corrected chi connectivity index (χ2v) is 14.0. The lowest BCUT2D eigenvalue weighted by molar-refractivity contribution is -0.143. The summed E-state index contributed by atoms with van der Waals surface area (Å²) in [6.45, 7) is 15.7. The average Bonchev–Trinajstić information content (AvgIpc) is 3.48. The summed E-state index contributed by atoms with van der Waals surface area (Å²) in [6, 6.07) is 2.76. The number of hydrogen-bond acceptors (Lipinski definition) is 6. The quantitative estimate of drug-likeness (QED) is 0.438. The van der Waals surface area contributed by atoms with Gasteiger partial charge in [-0.3, -0.25) is 14.4 Å². The molecule has 1 aromatic rings. The molecule has 0 radical (unpaired) electrons. The Bertz CT molecular complexity index is 1170. The van der Waals surface area contributed by atoms with Crippen LogP contribution in [0.1, 0.15) is 110 Å². The van der Waals surface area contributed by atoms with E-state index in [1.807, 2.05) is 48.5 Å². The summed E-state index contributed by atoms with van der Waals surface area (Å²) in [5.74, 6) is 0.851. The van der Waals surface area contributed by atoms with Gasteiger partial charge >= 0.3 is 0 Å². The van der Waals surface area contributed by atoms with E-state index < -0.39 is 23.1 Å². The Hall–Kier alpha value is -2.90. The first-order valence-electron chi connectivity index (χ1n) is 15.3. The van der Waals surface area contributed by atoms with Crippen LogP contribution in [0.15, 0.2) is 17.3 Å². The fraction of sp³-hybridized carbons (Fsp3) is 0.697. The maximum Gasteiger partial charge on any atom is 0.246 e. The zero-order chi connectivity index (χ0) is 30.1. The predicted octanol–water partition coefficient (Wildman–Crippen LogP) is 5.65. The number of ketones is 1. The Morgan fingerprint density at radius 3 is 2.32 bits per heavy atom. The number of carbonyl (C=O) groups excluding carboxylic acids is 3. The first-order valence-corrected chi connectivity index (χ1v) is 15.3. The van der Waals surface area contributed by atoms with E-state index in [-0.39, 0.29) is 30.2 Å². The molecule has 1 spiro atoms. The van der Waals surface area contributed by atoms with Gasteiger partial charge in [0.2, 0.25) is 11.8 Å². The maximum atomic E-state index is 14.1. The Morgan fingerprint density at radius 1 is 1.12 bits per heavy atom. The largest absolute Gasteiger partial charge is 0.490 e. The molecule has 1 saturated heterocycles. The maximum absolute atomic E-state index is 14.1. The highest BCUT2D eigenvalue weighted by Gasteiger charge is 2.54. The summed E-state index contributed by atoms with van der Waals surface area (Å²) in [4.78, 5) is 47.7. The van der Waals surface area contributed by atoms with Crippen LogP contribution < -0.4 is 10.1 Å². The van der Waals surface area contributed by atoms with E-state index in [9.17, 15) is 14.4 Å². The summed E-state index contributed by atoms with van der Waals surface area (Å²) in [5.41, 5.74) is 2.52. The summed E-state index contributed by atoms with van der Waals surface area (Å²) >= 11 is 0. The van der Waals surface area contributed by atoms with E-state index in [4.69, 9.17) is 9.57 Å². The predicted molar refractivity (Wildman–Crippen MR) is 160 cm³/mol. The number of oxime groups is 1. The van der Waals surface area contributed by atoms with E-state index in [1.165, 1.54) is 13.3 Å². The number of amides is 2. The van der Waals surface area contributed by atoms with Crippen molar-refractivity contribution in [2.75, 3.05) is 6.54 Å². The van der Waals surface area contributed by atoms with Crippen LogP contribution in [-0.2, 0) is 19.2 Å². The van der Waals surface area contributed by atoms with Crippen molar-refractivity contribution in [3.05, 3.63) is 28.8 Å². The van der Waals surface area contributed by atoms with Gasteiger partial charge in [0.15, 0.2) is 11.4 Å². The Kier molecular flexibility index (Phi) is 9.19.